The highest BCUT2D eigenvalue weighted by atomic mass is 35.5. The first-order chi connectivity index (χ1) is 11.3. The second kappa shape index (κ2) is 6.13. The van der Waals surface area contributed by atoms with Crippen LogP contribution in [0.4, 0.5) is 18.9 Å². The molecule has 1 aromatic heterocycles. The molecular formula is C17H10ClF3N2O. The molecule has 3 aromatic rings. The van der Waals surface area contributed by atoms with E-state index in [4.69, 9.17) is 11.6 Å². The molecule has 2 aromatic carbocycles. The Labute approximate surface area is 140 Å². The van der Waals surface area contributed by atoms with Crippen LogP contribution < -0.4 is 5.32 Å². The first-order valence-electron chi connectivity index (χ1n) is 6.87. The molecule has 24 heavy (non-hydrogen) atoms. The number of halogens is 4. The third-order valence-corrected chi connectivity index (χ3v) is 3.68. The molecule has 0 radical (unpaired) electrons. The summed E-state index contributed by atoms with van der Waals surface area (Å²) in [4.78, 5) is 16.3. The smallest absolute Gasteiger partial charge is 0.321 e. The van der Waals surface area contributed by atoms with Crippen molar-refractivity contribution in [1.82, 2.24) is 4.98 Å². The Morgan fingerprint density at radius 3 is 2.42 bits per heavy atom. The number of nitrogens with zero attached hydrogens (tertiary/aromatic N) is 1. The van der Waals surface area contributed by atoms with Crippen molar-refractivity contribution in [1.29, 1.82) is 0 Å². The van der Waals surface area contributed by atoms with Crippen LogP contribution in [-0.2, 0) is 6.18 Å². The van der Waals surface area contributed by atoms with E-state index in [0.717, 1.165) is 12.1 Å². The number of amides is 1. The van der Waals surface area contributed by atoms with Gasteiger partial charge in [-0.3, -0.25) is 9.78 Å². The molecule has 122 valence electrons. The van der Waals surface area contributed by atoms with Gasteiger partial charge >= 0.3 is 6.18 Å². The highest BCUT2D eigenvalue weighted by Crippen LogP contribution is 2.33. The van der Waals surface area contributed by atoms with Gasteiger partial charge in [-0.2, -0.15) is 13.2 Å². The van der Waals surface area contributed by atoms with E-state index in [1.807, 2.05) is 0 Å². The predicted molar refractivity (Wildman–Crippen MR) is 86.2 cm³/mol. The average molecular weight is 351 g/mol. The number of carbonyl (C=O) groups excluding carboxylic acids is 1. The molecule has 0 unspecified atom stereocenters. The molecule has 1 N–H and O–H groups in total. The Balaban J connectivity index is 1.99. The zero-order valence-electron chi connectivity index (χ0n) is 12.1. The number of hydrogen-bond donors (Lipinski definition) is 1. The lowest BCUT2D eigenvalue weighted by Gasteiger charge is -2.11. The Bertz CT molecular complexity index is 908. The second-order valence-electron chi connectivity index (χ2n) is 5.05. The van der Waals surface area contributed by atoms with E-state index in [0.29, 0.717) is 16.1 Å². The molecule has 1 heterocycles. The highest BCUT2D eigenvalue weighted by Gasteiger charge is 2.30. The van der Waals surface area contributed by atoms with Crippen LogP contribution in [0, 0.1) is 0 Å². The van der Waals surface area contributed by atoms with E-state index in [1.165, 1.54) is 30.5 Å². The van der Waals surface area contributed by atoms with E-state index in [1.54, 1.807) is 12.1 Å². The molecule has 0 aliphatic carbocycles. The highest BCUT2D eigenvalue weighted by molar-refractivity contribution is 6.30. The van der Waals surface area contributed by atoms with Gasteiger partial charge in [0.2, 0.25) is 0 Å². The average Bonchev–Trinajstić information content (AvgIpc) is 2.54. The molecule has 0 bridgehead atoms. The lowest BCUT2D eigenvalue weighted by molar-refractivity contribution is -0.137. The summed E-state index contributed by atoms with van der Waals surface area (Å²) < 4.78 is 38.7. The molecule has 1 amide bonds. The van der Waals surface area contributed by atoms with Crippen LogP contribution in [0.1, 0.15) is 15.9 Å². The van der Waals surface area contributed by atoms with Gasteiger partial charge in [0.1, 0.15) is 0 Å². The molecule has 0 saturated heterocycles. The SMILES string of the molecule is O=C(Nc1ccnc2ccc(C(F)(F)F)cc12)c1ccc(Cl)cc1. The zero-order valence-corrected chi connectivity index (χ0v) is 12.8. The number of hydrogen-bond acceptors (Lipinski definition) is 2. The Kier molecular flexibility index (Phi) is 4.15. The minimum Gasteiger partial charge on any atom is -0.321 e. The number of rotatable bonds is 2. The van der Waals surface area contributed by atoms with E-state index >= 15 is 0 Å². The monoisotopic (exact) mass is 350 g/mol. The molecule has 0 spiro atoms. The van der Waals surface area contributed by atoms with Gasteiger partial charge in [-0.25, -0.2) is 0 Å². The minimum absolute atomic E-state index is 0.217. The summed E-state index contributed by atoms with van der Waals surface area (Å²) in [5.41, 5.74) is 0.157. The van der Waals surface area contributed by atoms with E-state index in [9.17, 15) is 18.0 Å². The number of nitrogens with one attached hydrogen (secondary N) is 1. The number of pyridine rings is 1. The molecule has 3 rings (SSSR count). The van der Waals surface area contributed by atoms with Crippen molar-refractivity contribution < 1.29 is 18.0 Å². The van der Waals surface area contributed by atoms with Crippen molar-refractivity contribution in [2.24, 2.45) is 0 Å². The van der Waals surface area contributed by atoms with Crippen LogP contribution in [0.2, 0.25) is 5.02 Å². The lowest BCUT2D eigenvalue weighted by atomic mass is 10.1. The topological polar surface area (TPSA) is 42.0 Å². The molecule has 0 atom stereocenters. The zero-order chi connectivity index (χ0) is 17.3. The summed E-state index contributed by atoms with van der Waals surface area (Å²) >= 11 is 5.77. The van der Waals surface area contributed by atoms with Crippen molar-refractivity contribution in [2.45, 2.75) is 6.18 Å². The van der Waals surface area contributed by atoms with Crippen LogP contribution in [-0.4, -0.2) is 10.9 Å². The first kappa shape index (κ1) is 16.3. The quantitative estimate of drug-likeness (QED) is 0.693. The molecule has 0 aliphatic heterocycles. The van der Waals surface area contributed by atoms with Crippen LogP contribution in [0.15, 0.2) is 54.7 Å². The predicted octanol–water partition coefficient (Wildman–Crippen LogP) is 5.16. The number of carbonyl (C=O) groups is 1. The number of anilines is 1. The van der Waals surface area contributed by atoms with Crippen molar-refractivity contribution in [3.8, 4) is 0 Å². The van der Waals surface area contributed by atoms with Crippen molar-refractivity contribution in [2.75, 3.05) is 5.32 Å². The maximum absolute atomic E-state index is 12.9. The summed E-state index contributed by atoms with van der Waals surface area (Å²) in [6.45, 7) is 0. The molecule has 0 fully saturated rings. The maximum Gasteiger partial charge on any atom is 0.416 e. The molecular weight excluding hydrogens is 341 g/mol. The number of fused-ring (bicyclic) bond motifs is 1. The van der Waals surface area contributed by atoms with Crippen LogP contribution >= 0.6 is 11.6 Å². The minimum atomic E-state index is -4.47. The van der Waals surface area contributed by atoms with Gasteiger partial charge < -0.3 is 5.32 Å². The number of alkyl halides is 3. The molecule has 0 aliphatic rings. The van der Waals surface area contributed by atoms with Gasteiger partial charge in [0.25, 0.3) is 5.91 Å². The summed E-state index contributed by atoms with van der Waals surface area (Å²) in [5, 5.41) is 3.31. The third kappa shape index (κ3) is 3.33. The maximum atomic E-state index is 12.9. The first-order valence-corrected chi connectivity index (χ1v) is 7.25. The number of benzene rings is 2. The third-order valence-electron chi connectivity index (χ3n) is 3.42. The van der Waals surface area contributed by atoms with Crippen LogP contribution in [0.5, 0.6) is 0 Å². The summed E-state index contributed by atoms with van der Waals surface area (Å²) in [7, 11) is 0. The Morgan fingerprint density at radius 2 is 1.75 bits per heavy atom. The van der Waals surface area contributed by atoms with Crippen LogP contribution in [0.3, 0.4) is 0 Å². The van der Waals surface area contributed by atoms with E-state index in [2.05, 4.69) is 10.3 Å². The lowest BCUT2D eigenvalue weighted by Crippen LogP contribution is -2.12. The number of aromatic nitrogens is 1. The molecule has 7 heteroatoms. The standard InChI is InChI=1S/C17H10ClF3N2O/c18-12-4-1-10(2-5-12)16(24)23-15-7-8-22-14-6-3-11(9-13(14)15)17(19,20)21/h1-9H,(H,22,23,24). The van der Waals surface area contributed by atoms with Crippen LogP contribution in [0.25, 0.3) is 10.9 Å². The van der Waals surface area contributed by atoms with E-state index < -0.39 is 17.6 Å². The fraction of sp³-hybridized carbons (Fsp3) is 0.0588. The van der Waals surface area contributed by atoms with Gasteiger partial charge in [-0.15, -0.1) is 0 Å². The van der Waals surface area contributed by atoms with Crippen molar-refractivity contribution >= 4 is 34.1 Å². The van der Waals surface area contributed by atoms with Gasteiger partial charge in [0.05, 0.1) is 16.8 Å². The van der Waals surface area contributed by atoms with Gasteiger partial charge in [-0.1, -0.05) is 11.6 Å². The summed E-state index contributed by atoms with van der Waals surface area (Å²) in [6.07, 6.45) is -3.05. The van der Waals surface area contributed by atoms with E-state index in [-0.39, 0.29) is 11.1 Å². The van der Waals surface area contributed by atoms with Crippen molar-refractivity contribution in [3.05, 3.63) is 70.9 Å². The van der Waals surface area contributed by atoms with Crippen molar-refractivity contribution in [3.63, 3.8) is 0 Å². The Morgan fingerprint density at radius 1 is 1.04 bits per heavy atom. The molecule has 0 saturated carbocycles. The fourth-order valence-electron chi connectivity index (χ4n) is 2.23. The van der Waals surface area contributed by atoms with Gasteiger partial charge in [-0.05, 0) is 48.5 Å². The second-order valence-corrected chi connectivity index (χ2v) is 5.49. The normalized spacial score (nSPS) is 11.5. The van der Waals surface area contributed by atoms with Gasteiger partial charge in [0.15, 0.2) is 0 Å². The largest absolute Gasteiger partial charge is 0.416 e. The summed E-state index contributed by atoms with van der Waals surface area (Å²) in [5.74, 6) is -0.448. The molecule has 3 nitrogen and oxygen atoms in total. The van der Waals surface area contributed by atoms with Gasteiger partial charge in [0, 0.05) is 22.2 Å². The Hall–Kier alpha value is -2.60. The fourth-order valence-corrected chi connectivity index (χ4v) is 2.35. The summed E-state index contributed by atoms with van der Waals surface area (Å²) in [6, 6.07) is 10.8.